The van der Waals surface area contributed by atoms with Gasteiger partial charge in [0.15, 0.2) is 0 Å². The highest BCUT2D eigenvalue weighted by atomic mass is 79.9. The smallest absolute Gasteiger partial charge is 0.255 e. The zero-order valence-corrected chi connectivity index (χ0v) is 15.6. The first-order chi connectivity index (χ1) is 12.7. The molecular formula is C19H16BrN3O3. The summed E-state index contributed by atoms with van der Waals surface area (Å²) in [5.41, 5.74) is 1.44. The lowest BCUT2D eigenvalue weighted by Gasteiger charge is -2.37. The maximum absolute atomic E-state index is 12.5. The molecule has 0 radical (unpaired) electrons. The van der Waals surface area contributed by atoms with Crippen molar-refractivity contribution in [2.75, 3.05) is 20.2 Å². The Morgan fingerprint density at radius 3 is 2.69 bits per heavy atom. The van der Waals surface area contributed by atoms with Crippen molar-refractivity contribution in [1.29, 1.82) is 0 Å². The van der Waals surface area contributed by atoms with Crippen LogP contribution in [-0.4, -0.2) is 41.1 Å². The molecule has 0 saturated carbocycles. The number of halogens is 1. The van der Waals surface area contributed by atoms with Crippen LogP contribution in [0, 0.1) is 0 Å². The van der Waals surface area contributed by atoms with Crippen LogP contribution in [0.5, 0.6) is 5.75 Å². The Bertz CT molecular complexity index is 950. The van der Waals surface area contributed by atoms with Crippen LogP contribution >= 0.6 is 15.9 Å². The van der Waals surface area contributed by atoms with Gasteiger partial charge in [0, 0.05) is 17.6 Å². The predicted octanol–water partition coefficient (Wildman–Crippen LogP) is 3.75. The summed E-state index contributed by atoms with van der Waals surface area (Å²) in [5, 5.41) is 4.06. The number of carbonyl (C=O) groups excluding carboxylic acids is 1. The highest BCUT2D eigenvalue weighted by molar-refractivity contribution is 9.10. The van der Waals surface area contributed by atoms with Gasteiger partial charge >= 0.3 is 0 Å². The number of hydrogen-bond donors (Lipinski definition) is 0. The van der Waals surface area contributed by atoms with Crippen molar-refractivity contribution in [1.82, 2.24) is 15.0 Å². The molecule has 0 unspecified atom stereocenters. The second-order valence-electron chi connectivity index (χ2n) is 6.04. The van der Waals surface area contributed by atoms with Crippen molar-refractivity contribution in [2.24, 2.45) is 0 Å². The quantitative estimate of drug-likeness (QED) is 0.651. The third-order valence-corrected chi connectivity index (χ3v) is 5.10. The molecule has 6 nitrogen and oxygen atoms in total. The van der Waals surface area contributed by atoms with Gasteiger partial charge in [0.05, 0.1) is 24.2 Å². The third kappa shape index (κ3) is 2.99. The Hall–Kier alpha value is -2.67. The van der Waals surface area contributed by atoms with E-state index in [1.54, 1.807) is 12.0 Å². The van der Waals surface area contributed by atoms with Gasteiger partial charge < -0.3 is 14.2 Å². The molecule has 2 aromatic carbocycles. The fourth-order valence-corrected chi connectivity index (χ4v) is 3.40. The highest BCUT2D eigenvalue weighted by Crippen LogP contribution is 2.32. The van der Waals surface area contributed by atoms with Gasteiger partial charge in [0.25, 0.3) is 5.91 Å². The van der Waals surface area contributed by atoms with Crippen molar-refractivity contribution in [3.8, 4) is 17.1 Å². The van der Waals surface area contributed by atoms with E-state index < -0.39 is 0 Å². The van der Waals surface area contributed by atoms with E-state index in [0.29, 0.717) is 36.1 Å². The number of hydrogen-bond acceptors (Lipinski definition) is 5. The zero-order chi connectivity index (χ0) is 18.1. The van der Waals surface area contributed by atoms with E-state index in [0.717, 1.165) is 10.0 Å². The van der Waals surface area contributed by atoms with Gasteiger partial charge in [0.1, 0.15) is 5.75 Å². The Morgan fingerprint density at radius 1 is 1.19 bits per heavy atom. The number of aromatic nitrogens is 2. The van der Waals surface area contributed by atoms with Crippen molar-refractivity contribution in [3.63, 3.8) is 0 Å². The molecule has 4 rings (SSSR count). The molecule has 0 spiro atoms. The number of amides is 1. The van der Waals surface area contributed by atoms with E-state index in [9.17, 15) is 4.79 Å². The fraction of sp³-hybridized carbons (Fsp3) is 0.211. The van der Waals surface area contributed by atoms with Crippen LogP contribution < -0.4 is 4.74 Å². The molecule has 26 heavy (non-hydrogen) atoms. The monoisotopic (exact) mass is 413 g/mol. The number of rotatable bonds is 4. The molecule has 132 valence electrons. The third-order valence-electron chi connectivity index (χ3n) is 4.41. The minimum atomic E-state index is -0.00167. The summed E-state index contributed by atoms with van der Waals surface area (Å²) in [7, 11) is 1.61. The van der Waals surface area contributed by atoms with Crippen molar-refractivity contribution < 1.29 is 14.1 Å². The molecule has 1 fully saturated rings. The Balaban J connectivity index is 1.46. The Morgan fingerprint density at radius 2 is 1.92 bits per heavy atom. The van der Waals surface area contributed by atoms with Gasteiger partial charge in [0.2, 0.25) is 11.7 Å². The SMILES string of the molecule is COc1ccccc1-c1noc(C2CN(C(=O)c3ccccc3Br)C2)n1. The first kappa shape index (κ1) is 16.8. The molecule has 7 heteroatoms. The molecule has 0 aliphatic carbocycles. The Labute approximate surface area is 158 Å². The average Bonchev–Trinajstić information content (AvgIpc) is 3.10. The van der Waals surface area contributed by atoms with Crippen LogP contribution in [0.2, 0.25) is 0 Å². The largest absolute Gasteiger partial charge is 0.496 e. The lowest BCUT2D eigenvalue weighted by atomic mass is 9.98. The zero-order valence-electron chi connectivity index (χ0n) is 14.1. The molecule has 3 aromatic rings. The van der Waals surface area contributed by atoms with Gasteiger partial charge in [-0.15, -0.1) is 0 Å². The average molecular weight is 414 g/mol. The van der Waals surface area contributed by atoms with Crippen LogP contribution in [0.4, 0.5) is 0 Å². The molecule has 2 heterocycles. The molecule has 1 aliphatic rings. The number of ether oxygens (including phenoxy) is 1. The molecule has 0 N–H and O–H groups in total. The van der Waals surface area contributed by atoms with Crippen LogP contribution in [-0.2, 0) is 0 Å². The second-order valence-corrected chi connectivity index (χ2v) is 6.90. The van der Waals surface area contributed by atoms with Gasteiger partial charge in [-0.2, -0.15) is 4.98 Å². The van der Waals surface area contributed by atoms with E-state index in [4.69, 9.17) is 9.26 Å². The first-order valence-electron chi connectivity index (χ1n) is 8.18. The number of nitrogens with zero attached hydrogens (tertiary/aromatic N) is 3. The number of methoxy groups -OCH3 is 1. The van der Waals surface area contributed by atoms with E-state index in [2.05, 4.69) is 26.1 Å². The van der Waals surface area contributed by atoms with E-state index in [1.807, 2.05) is 48.5 Å². The van der Waals surface area contributed by atoms with Crippen LogP contribution in [0.3, 0.4) is 0 Å². The standard InChI is InChI=1S/C19H16BrN3O3/c1-25-16-9-5-3-7-14(16)17-21-18(26-22-17)12-10-23(11-12)19(24)13-6-2-4-8-15(13)20/h2-9,12H,10-11H2,1H3. The highest BCUT2D eigenvalue weighted by Gasteiger charge is 2.36. The molecule has 1 aromatic heterocycles. The molecule has 1 amide bonds. The van der Waals surface area contributed by atoms with Gasteiger partial charge in [-0.25, -0.2) is 0 Å². The van der Waals surface area contributed by atoms with Crippen LogP contribution in [0.25, 0.3) is 11.4 Å². The maximum atomic E-state index is 12.5. The topological polar surface area (TPSA) is 68.5 Å². The lowest BCUT2D eigenvalue weighted by Crippen LogP contribution is -2.48. The summed E-state index contributed by atoms with van der Waals surface area (Å²) in [6.07, 6.45) is 0. The summed E-state index contributed by atoms with van der Waals surface area (Å²) in [4.78, 5) is 18.8. The summed E-state index contributed by atoms with van der Waals surface area (Å²) < 4.78 is 11.6. The number of para-hydroxylation sites is 1. The molecule has 1 aliphatic heterocycles. The van der Waals surface area contributed by atoms with Crippen LogP contribution in [0.15, 0.2) is 57.5 Å². The van der Waals surface area contributed by atoms with E-state index >= 15 is 0 Å². The summed E-state index contributed by atoms with van der Waals surface area (Å²) in [5.74, 6) is 1.78. The first-order valence-corrected chi connectivity index (χ1v) is 8.97. The molecule has 1 saturated heterocycles. The predicted molar refractivity (Wildman–Crippen MR) is 99.1 cm³/mol. The molecule has 0 atom stereocenters. The summed E-state index contributed by atoms with van der Waals surface area (Å²) in [6, 6.07) is 14.9. The van der Waals surface area contributed by atoms with Gasteiger partial charge in [-0.3, -0.25) is 4.79 Å². The Kier molecular flexibility index (Phi) is 4.46. The van der Waals surface area contributed by atoms with Crippen molar-refractivity contribution in [2.45, 2.75) is 5.92 Å². The van der Waals surface area contributed by atoms with E-state index in [1.165, 1.54) is 0 Å². The molecule has 0 bridgehead atoms. The van der Waals surface area contributed by atoms with Crippen molar-refractivity contribution >= 4 is 21.8 Å². The lowest BCUT2D eigenvalue weighted by molar-refractivity contribution is 0.0568. The van der Waals surface area contributed by atoms with E-state index in [-0.39, 0.29) is 11.8 Å². The number of carbonyl (C=O) groups is 1. The molecular weight excluding hydrogens is 398 g/mol. The van der Waals surface area contributed by atoms with Gasteiger partial charge in [-0.05, 0) is 40.2 Å². The summed E-state index contributed by atoms with van der Waals surface area (Å²) in [6.45, 7) is 1.13. The maximum Gasteiger partial charge on any atom is 0.255 e. The minimum Gasteiger partial charge on any atom is -0.496 e. The van der Waals surface area contributed by atoms with Crippen LogP contribution in [0.1, 0.15) is 22.2 Å². The normalized spacial score (nSPS) is 14.2. The minimum absolute atomic E-state index is 0.00167. The van der Waals surface area contributed by atoms with Crippen molar-refractivity contribution in [3.05, 3.63) is 64.5 Å². The number of benzene rings is 2. The fourth-order valence-electron chi connectivity index (χ4n) is 2.95. The second kappa shape index (κ2) is 6.92. The number of likely N-dealkylation sites (tertiary alicyclic amines) is 1. The summed E-state index contributed by atoms with van der Waals surface area (Å²) >= 11 is 3.42. The van der Waals surface area contributed by atoms with Gasteiger partial charge in [-0.1, -0.05) is 29.4 Å².